The molecule has 1 saturated carbocycles. The average molecular weight is 262 g/mol. The maximum atomic E-state index is 12.1. The standard InChI is InChI=1S/C14H18N2O3/c15-11(10-6-2-1-3-7-10)12(17)16-14(13(18)19)8-4-5-9-14/h1-3,6-7,11H,4-5,8-9,15H2,(H,16,17)(H,18,19)/t11-/m1/s1. The van der Waals surface area contributed by atoms with Crippen LogP contribution in [0, 0.1) is 0 Å². The second-order valence-electron chi connectivity index (χ2n) is 4.97. The van der Waals surface area contributed by atoms with E-state index in [1.165, 1.54) is 0 Å². The van der Waals surface area contributed by atoms with Crippen LogP contribution < -0.4 is 11.1 Å². The molecule has 0 unspecified atom stereocenters. The molecule has 0 radical (unpaired) electrons. The highest BCUT2D eigenvalue weighted by atomic mass is 16.4. The third-order valence-corrected chi connectivity index (χ3v) is 3.67. The minimum Gasteiger partial charge on any atom is -0.480 e. The van der Waals surface area contributed by atoms with Crippen molar-refractivity contribution in [3.05, 3.63) is 35.9 Å². The largest absolute Gasteiger partial charge is 0.480 e. The predicted molar refractivity (Wildman–Crippen MR) is 70.3 cm³/mol. The molecule has 19 heavy (non-hydrogen) atoms. The number of nitrogens with one attached hydrogen (secondary N) is 1. The van der Waals surface area contributed by atoms with Gasteiger partial charge in [-0.15, -0.1) is 0 Å². The Morgan fingerprint density at radius 3 is 2.32 bits per heavy atom. The van der Waals surface area contributed by atoms with Gasteiger partial charge in [0.25, 0.3) is 0 Å². The van der Waals surface area contributed by atoms with Crippen LogP contribution in [-0.2, 0) is 9.59 Å². The topological polar surface area (TPSA) is 92.4 Å². The number of carboxylic acid groups (broad SMARTS) is 1. The van der Waals surface area contributed by atoms with Gasteiger partial charge in [-0.3, -0.25) is 4.79 Å². The first kappa shape index (κ1) is 13.5. The highest BCUT2D eigenvalue weighted by Gasteiger charge is 2.43. The second kappa shape index (κ2) is 5.40. The predicted octanol–water partition coefficient (Wildman–Crippen LogP) is 1.20. The molecule has 2 rings (SSSR count). The molecule has 0 saturated heterocycles. The van der Waals surface area contributed by atoms with Crippen LogP contribution in [0.4, 0.5) is 0 Å². The fraction of sp³-hybridized carbons (Fsp3) is 0.429. The summed E-state index contributed by atoms with van der Waals surface area (Å²) in [6.07, 6.45) is 2.56. The van der Waals surface area contributed by atoms with Crippen LogP contribution >= 0.6 is 0 Å². The Labute approximate surface area is 111 Å². The van der Waals surface area contributed by atoms with Gasteiger partial charge in [-0.25, -0.2) is 4.79 Å². The lowest BCUT2D eigenvalue weighted by atomic mass is 9.96. The Hall–Kier alpha value is -1.88. The molecule has 102 valence electrons. The third-order valence-electron chi connectivity index (χ3n) is 3.67. The number of carboxylic acids is 1. The summed E-state index contributed by atoms with van der Waals surface area (Å²) in [7, 11) is 0. The van der Waals surface area contributed by atoms with Crippen LogP contribution in [-0.4, -0.2) is 22.5 Å². The van der Waals surface area contributed by atoms with Crippen molar-refractivity contribution >= 4 is 11.9 Å². The van der Waals surface area contributed by atoms with Gasteiger partial charge in [0.05, 0.1) is 0 Å². The van der Waals surface area contributed by atoms with Crippen molar-refractivity contribution < 1.29 is 14.7 Å². The number of nitrogens with two attached hydrogens (primary N) is 1. The molecule has 0 bridgehead atoms. The number of rotatable bonds is 4. The van der Waals surface area contributed by atoms with E-state index in [0.717, 1.165) is 12.8 Å². The molecule has 1 aromatic rings. The van der Waals surface area contributed by atoms with E-state index in [9.17, 15) is 14.7 Å². The van der Waals surface area contributed by atoms with E-state index in [4.69, 9.17) is 5.73 Å². The number of carbonyl (C=O) groups is 2. The highest BCUT2D eigenvalue weighted by Crippen LogP contribution is 2.30. The maximum absolute atomic E-state index is 12.1. The summed E-state index contributed by atoms with van der Waals surface area (Å²) in [5.74, 6) is -1.41. The lowest BCUT2D eigenvalue weighted by Gasteiger charge is -2.27. The Morgan fingerprint density at radius 1 is 1.21 bits per heavy atom. The Morgan fingerprint density at radius 2 is 1.79 bits per heavy atom. The van der Waals surface area contributed by atoms with Crippen LogP contribution in [0.15, 0.2) is 30.3 Å². The van der Waals surface area contributed by atoms with Crippen LogP contribution in [0.2, 0.25) is 0 Å². The van der Waals surface area contributed by atoms with Crippen molar-refractivity contribution in [3.63, 3.8) is 0 Å². The number of carbonyl (C=O) groups excluding carboxylic acids is 1. The quantitative estimate of drug-likeness (QED) is 0.760. The van der Waals surface area contributed by atoms with E-state index in [1.807, 2.05) is 6.07 Å². The van der Waals surface area contributed by atoms with Crippen LogP contribution in [0.5, 0.6) is 0 Å². The summed E-state index contributed by atoms with van der Waals surface area (Å²) in [4.78, 5) is 23.5. The molecule has 0 aliphatic heterocycles. The summed E-state index contributed by atoms with van der Waals surface area (Å²) in [6, 6.07) is 8.11. The molecule has 4 N–H and O–H groups in total. The van der Waals surface area contributed by atoms with Crippen LogP contribution in [0.3, 0.4) is 0 Å². The fourth-order valence-corrected chi connectivity index (χ4v) is 2.50. The molecule has 0 aromatic heterocycles. The van der Waals surface area contributed by atoms with Gasteiger partial charge in [0.1, 0.15) is 11.6 Å². The Kier molecular flexibility index (Phi) is 3.85. The van der Waals surface area contributed by atoms with E-state index in [0.29, 0.717) is 18.4 Å². The lowest BCUT2D eigenvalue weighted by molar-refractivity contribution is -0.147. The summed E-state index contributed by atoms with van der Waals surface area (Å²) in [5.41, 5.74) is 5.41. The number of aliphatic carboxylic acids is 1. The smallest absolute Gasteiger partial charge is 0.329 e. The summed E-state index contributed by atoms with van der Waals surface area (Å²) in [5, 5.41) is 11.9. The first-order valence-corrected chi connectivity index (χ1v) is 6.41. The molecule has 1 amide bonds. The number of hydrogen-bond acceptors (Lipinski definition) is 3. The SMILES string of the molecule is N[C@@H](C(=O)NC1(C(=O)O)CCCC1)c1ccccc1. The Balaban J connectivity index is 2.10. The molecule has 0 spiro atoms. The minimum absolute atomic E-state index is 0.435. The van der Waals surface area contributed by atoms with Crippen LogP contribution in [0.25, 0.3) is 0 Å². The van der Waals surface area contributed by atoms with Crippen molar-refractivity contribution in [1.29, 1.82) is 0 Å². The van der Waals surface area contributed by atoms with E-state index < -0.39 is 23.5 Å². The molecule has 5 nitrogen and oxygen atoms in total. The van der Waals surface area contributed by atoms with Gasteiger partial charge in [0, 0.05) is 0 Å². The Bertz CT molecular complexity index is 467. The first-order chi connectivity index (χ1) is 9.05. The van der Waals surface area contributed by atoms with Gasteiger partial charge in [-0.2, -0.15) is 0 Å². The zero-order chi connectivity index (χ0) is 13.9. The maximum Gasteiger partial charge on any atom is 0.329 e. The molecule has 1 aliphatic rings. The van der Waals surface area contributed by atoms with Gasteiger partial charge in [0.15, 0.2) is 0 Å². The number of amides is 1. The molecule has 1 aromatic carbocycles. The zero-order valence-corrected chi connectivity index (χ0v) is 10.6. The normalized spacial score (nSPS) is 18.8. The van der Waals surface area contributed by atoms with Crippen molar-refractivity contribution in [2.45, 2.75) is 37.3 Å². The van der Waals surface area contributed by atoms with Crippen molar-refractivity contribution in [1.82, 2.24) is 5.32 Å². The molecule has 0 heterocycles. The van der Waals surface area contributed by atoms with Gasteiger partial charge in [0.2, 0.25) is 5.91 Å². The van der Waals surface area contributed by atoms with Gasteiger partial charge < -0.3 is 16.2 Å². The number of benzene rings is 1. The summed E-state index contributed by atoms with van der Waals surface area (Å²) >= 11 is 0. The van der Waals surface area contributed by atoms with Crippen molar-refractivity contribution in [3.8, 4) is 0 Å². The summed E-state index contributed by atoms with van der Waals surface area (Å²) < 4.78 is 0. The van der Waals surface area contributed by atoms with Gasteiger partial charge in [-0.05, 0) is 18.4 Å². The van der Waals surface area contributed by atoms with Gasteiger partial charge in [-0.1, -0.05) is 43.2 Å². The van der Waals surface area contributed by atoms with E-state index in [2.05, 4.69) is 5.32 Å². The molecule has 5 heteroatoms. The van der Waals surface area contributed by atoms with Gasteiger partial charge >= 0.3 is 5.97 Å². The van der Waals surface area contributed by atoms with E-state index in [1.54, 1.807) is 24.3 Å². The van der Waals surface area contributed by atoms with Crippen LogP contribution in [0.1, 0.15) is 37.3 Å². The summed E-state index contributed by atoms with van der Waals surface area (Å²) in [6.45, 7) is 0. The monoisotopic (exact) mass is 262 g/mol. The fourth-order valence-electron chi connectivity index (χ4n) is 2.50. The lowest BCUT2D eigenvalue weighted by Crippen LogP contribution is -2.54. The third kappa shape index (κ3) is 2.76. The van der Waals surface area contributed by atoms with Crippen molar-refractivity contribution in [2.75, 3.05) is 0 Å². The minimum atomic E-state index is -1.14. The second-order valence-corrected chi connectivity index (χ2v) is 4.97. The van der Waals surface area contributed by atoms with E-state index in [-0.39, 0.29) is 0 Å². The molecule has 1 atom stereocenters. The first-order valence-electron chi connectivity index (χ1n) is 6.41. The average Bonchev–Trinajstić information content (AvgIpc) is 2.88. The zero-order valence-electron chi connectivity index (χ0n) is 10.6. The molecule has 1 fully saturated rings. The molecular weight excluding hydrogens is 244 g/mol. The van der Waals surface area contributed by atoms with Crippen molar-refractivity contribution in [2.24, 2.45) is 5.73 Å². The molecular formula is C14H18N2O3. The highest BCUT2D eigenvalue weighted by molar-refractivity contribution is 5.90. The molecule has 1 aliphatic carbocycles. The number of hydrogen-bond donors (Lipinski definition) is 3. The van der Waals surface area contributed by atoms with E-state index >= 15 is 0 Å².